The normalized spacial score (nSPS) is 10.3. The van der Waals surface area contributed by atoms with Gasteiger partial charge in [-0.2, -0.15) is 15.0 Å². The third-order valence-corrected chi connectivity index (χ3v) is 4.42. The molecule has 0 spiro atoms. The van der Waals surface area contributed by atoms with E-state index in [-0.39, 0.29) is 23.6 Å². The number of nitrogens with two attached hydrogens (primary N) is 2. The summed E-state index contributed by atoms with van der Waals surface area (Å²) in [6, 6.07) is 7.59. The van der Waals surface area contributed by atoms with Crippen LogP contribution in [0.3, 0.4) is 0 Å². The minimum Gasteiger partial charge on any atom is -0.368 e. The standard InChI is InChI=1S/C14H16N6OS2/c1-2-7-22-10-6-4-3-5-9(10)17-11(21)8-23-14-19-12(15)18-13(16)20-14/h2-6H,1,7-8H2,(H,17,21)(H4,15,16,18,19,20). The van der Waals surface area contributed by atoms with Crippen LogP contribution in [0.1, 0.15) is 0 Å². The predicted octanol–water partition coefficient (Wildman–Crippen LogP) is 2.04. The van der Waals surface area contributed by atoms with E-state index in [1.807, 2.05) is 30.3 Å². The lowest BCUT2D eigenvalue weighted by Crippen LogP contribution is -2.15. The summed E-state index contributed by atoms with van der Waals surface area (Å²) in [6.45, 7) is 3.69. The lowest BCUT2D eigenvalue weighted by molar-refractivity contribution is -0.113. The van der Waals surface area contributed by atoms with E-state index in [0.29, 0.717) is 5.16 Å². The van der Waals surface area contributed by atoms with Crippen LogP contribution in [0, 0.1) is 0 Å². The zero-order valence-corrected chi connectivity index (χ0v) is 13.9. The monoisotopic (exact) mass is 348 g/mol. The molecule has 2 aromatic rings. The van der Waals surface area contributed by atoms with Gasteiger partial charge in [-0.15, -0.1) is 18.3 Å². The first-order chi connectivity index (χ1) is 11.1. The molecule has 0 bridgehead atoms. The van der Waals surface area contributed by atoms with Crippen LogP contribution in [-0.2, 0) is 4.79 Å². The lowest BCUT2D eigenvalue weighted by Gasteiger charge is -2.09. The van der Waals surface area contributed by atoms with Crippen LogP contribution in [0.5, 0.6) is 0 Å². The highest BCUT2D eigenvalue weighted by Crippen LogP contribution is 2.27. The van der Waals surface area contributed by atoms with Gasteiger partial charge in [0.15, 0.2) is 5.16 Å². The number of aromatic nitrogens is 3. The molecule has 1 aromatic heterocycles. The molecule has 1 aromatic carbocycles. The molecule has 2 rings (SSSR count). The number of rotatable bonds is 7. The van der Waals surface area contributed by atoms with Crippen molar-refractivity contribution in [2.75, 3.05) is 28.3 Å². The Balaban J connectivity index is 1.95. The van der Waals surface area contributed by atoms with Gasteiger partial charge in [0, 0.05) is 10.6 Å². The van der Waals surface area contributed by atoms with Gasteiger partial charge in [-0.25, -0.2) is 0 Å². The highest BCUT2D eigenvalue weighted by atomic mass is 32.2. The van der Waals surface area contributed by atoms with Crippen molar-refractivity contribution in [3.8, 4) is 0 Å². The second kappa shape index (κ2) is 8.39. The van der Waals surface area contributed by atoms with Gasteiger partial charge in [0.2, 0.25) is 17.8 Å². The van der Waals surface area contributed by atoms with E-state index in [1.54, 1.807) is 11.8 Å². The van der Waals surface area contributed by atoms with Crippen LogP contribution in [-0.4, -0.2) is 32.4 Å². The molecule has 0 atom stereocenters. The Bertz CT molecular complexity index is 689. The molecular formula is C14H16N6OS2. The highest BCUT2D eigenvalue weighted by molar-refractivity contribution is 8.00. The minimum atomic E-state index is -0.167. The number of para-hydroxylation sites is 1. The Hall–Kier alpha value is -2.26. The van der Waals surface area contributed by atoms with Gasteiger partial charge in [0.1, 0.15) is 0 Å². The van der Waals surface area contributed by atoms with Gasteiger partial charge in [-0.3, -0.25) is 4.79 Å². The van der Waals surface area contributed by atoms with Gasteiger partial charge in [0.25, 0.3) is 0 Å². The van der Waals surface area contributed by atoms with Crippen molar-refractivity contribution in [1.29, 1.82) is 0 Å². The van der Waals surface area contributed by atoms with Gasteiger partial charge < -0.3 is 16.8 Å². The summed E-state index contributed by atoms with van der Waals surface area (Å²) >= 11 is 2.74. The maximum absolute atomic E-state index is 12.1. The maximum Gasteiger partial charge on any atom is 0.234 e. The number of nitrogens with zero attached hydrogens (tertiary/aromatic N) is 3. The number of hydrogen-bond donors (Lipinski definition) is 3. The molecule has 120 valence electrons. The zero-order chi connectivity index (χ0) is 16.7. The molecule has 0 unspecified atom stereocenters. The van der Waals surface area contributed by atoms with E-state index in [4.69, 9.17) is 11.5 Å². The number of thioether (sulfide) groups is 2. The van der Waals surface area contributed by atoms with E-state index < -0.39 is 0 Å². The average Bonchev–Trinajstić information content (AvgIpc) is 2.51. The first-order valence-electron chi connectivity index (χ1n) is 6.61. The number of amides is 1. The van der Waals surface area contributed by atoms with Crippen LogP contribution >= 0.6 is 23.5 Å². The number of carbonyl (C=O) groups excluding carboxylic acids is 1. The molecule has 0 radical (unpaired) electrons. The third-order valence-electron chi connectivity index (χ3n) is 2.50. The first-order valence-corrected chi connectivity index (χ1v) is 8.58. The summed E-state index contributed by atoms with van der Waals surface area (Å²) < 4.78 is 0. The molecule has 5 N–H and O–H groups in total. The first kappa shape index (κ1) is 17.1. The molecule has 0 aliphatic rings. The van der Waals surface area contributed by atoms with Gasteiger partial charge in [0.05, 0.1) is 11.4 Å². The van der Waals surface area contributed by atoms with E-state index in [1.165, 1.54) is 0 Å². The molecule has 0 aliphatic heterocycles. The van der Waals surface area contributed by atoms with E-state index >= 15 is 0 Å². The minimum absolute atomic E-state index is 0.0339. The Kier molecular flexibility index (Phi) is 6.24. The Morgan fingerprint density at radius 2 is 1.87 bits per heavy atom. The fraction of sp³-hybridized carbons (Fsp3) is 0.143. The molecule has 7 nitrogen and oxygen atoms in total. The molecule has 0 fully saturated rings. The zero-order valence-electron chi connectivity index (χ0n) is 12.2. The topological polar surface area (TPSA) is 120 Å². The van der Waals surface area contributed by atoms with Crippen LogP contribution in [0.15, 0.2) is 47.0 Å². The molecule has 1 amide bonds. The molecule has 0 saturated heterocycles. The van der Waals surface area contributed by atoms with Crippen molar-refractivity contribution in [2.45, 2.75) is 10.1 Å². The average molecular weight is 348 g/mol. The smallest absolute Gasteiger partial charge is 0.234 e. The van der Waals surface area contributed by atoms with Crippen LogP contribution < -0.4 is 16.8 Å². The summed E-state index contributed by atoms with van der Waals surface area (Å²) in [5, 5.41) is 3.19. The number of benzene rings is 1. The highest BCUT2D eigenvalue weighted by Gasteiger charge is 2.09. The number of hydrogen-bond acceptors (Lipinski definition) is 8. The molecule has 0 aliphatic carbocycles. The van der Waals surface area contributed by atoms with Crippen molar-refractivity contribution in [3.63, 3.8) is 0 Å². The number of nitrogen functional groups attached to an aromatic ring is 2. The lowest BCUT2D eigenvalue weighted by atomic mass is 10.3. The van der Waals surface area contributed by atoms with Crippen molar-refractivity contribution < 1.29 is 4.79 Å². The van der Waals surface area contributed by atoms with Crippen molar-refractivity contribution in [1.82, 2.24) is 15.0 Å². The van der Waals surface area contributed by atoms with E-state index in [9.17, 15) is 4.79 Å². The van der Waals surface area contributed by atoms with Crippen molar-refractivity contribution in [2.24, 2.45) is 0 Å². The van der Waals surface area contributed by atoms with Crippen LogP contribution in [0.4, 0.5) is 17.6 Å². The molecule has 23 heavy (non-hydrogen) atoms. The Morgan fingerprint density at radius 3 is 2.57 bits per heavy atom. The number of carbonyl (C=O) groups is 1. The van der Waals surface area contributed by atoms with Crippen LogP contribution in [0.2, 0.25) is 0 Å². The van der Waals surface area contributed by atoms with Gasteiger partial charge >= 0.3 is 0 Å². The fourth-order valence-electron chi connectivity index (χ4n) is 1.61. The summed E-state index contributed by atoms with van der Waals surface area (Å²) in [6.07, 6.45) is 1.81. The third kappa shape index (κ3) is 5.46. The van der Waals surface area contributed by atoms with Crippen molar-refractivity contribution >= 4 is 47.0 Å². The number of nitrogens with one attached hydrogen (secondary N) is 1. The second-order valence-electron chi connectivity index (χ2n) is 4.27. The maximum atomic E-state index is 12.1. The van der Waals surface area contributed by atoms with E-state index in [2.05, 4.69) is 26.8 Å². The molecule has 0 saturated carbocycles. The number of anilines is 3. The van der Waals surface area contributed by atoms with Crippen LogP contribution in [0.25, 0.3) is 0 Å². The van der Waals surface area contributed by atoms with E-state index in [0.717, 1.165) is 28.1 Å². The summed E-state index contributed by atoms with van der Waals surface area (Å²) in [5.74, 6) is 0.811. The van der Waals surface area contributed by atoms with Gasteiger partial charge in [-0.1, -0.05) is 30.0 Å². The molecule has 9 heteroatoms. The summed E-state index contributed by atoms with van der Waals surface area (Å²) in [4.78, 5) is 24.6. The Labute approximate surface area is 142 Å². The fourth-order valence-corrected chi connectivity index (χ4v) is 3.01. The summed E-state index contributed by atoms with van der Waals surface area (Å²) in [5.41, 5.74) is 11.7. The molecular weight excluding hydrogens is 332 g/mol. The Morgan fingerprint density at radius 1 is 1.17 bits per heavy atom. The second-order valence-corrected chi connectivity index (χ2v) is 6.27. The SMILES string of the molecule is C=CCSc1ccccc1NC(=O)CSc1nc(N)nc(N)n1. The predicted molar refractivity (Wildman–Crippen MR) is 95.4 cm³/mol. The quantitative estimate of drug-likeness (QED) is 0.513. The largest absolute Gasteiger partial charge is 0.368 e. The van der Waals surface area contributed by atoms with Crippen molar-refractivity contribution in [3.05, 3.63) is 36.9 Å². The molecule has 1 heterocycles. The summed E-state index contributed by atoms with van der Waals surface area (Å²) in [7, 11) is 0. The van der Waals surface area contributed by atoms with Gasteiger partial charge in [-0.05, 0) is 12.1 Å².